The molecule has 0 unspecified atom stereocenters. The van der Waals surface area contributed by atoms with Crippen LogP contribution in [0, 0.1) is 11.8 Å². The van der Waals surface area contributed by atoms with E-state index < -0.39 is 0 Å². The molecular weight excluding hydrogens is 214 g/mol. The van der Waals surface area contributed by atoms with Gasteiger partial charge in [-0.05, 0) is 11.8 Å². The normalized spacial score (nSPS) is 11.2. The Kier molecular flexibility index (Phi) is 4.54. The van der Waals surface area contributed by atoms with Gasteiger partial charge in [-0.25, -0.2) is 0 Å². The van der Waals surface area contributed by atoms with E-state index in [2.05, 4.69) is 42.6 Å². The zero-order valence-electron chi connectivity index (χ0n) is 11.1. The summed E-state index contributed by atoms with van der Waals surface area (Å²) in [7, 11) is 0. The van der Waals surface area contributed by atoms with E-state index >= 15 is 0 Å². The van der Waals surface area contributed by atoms with Crippen LogP contribution in [0.25, 0.3) is 0 Å². The standard InChI is InChI=1S/C12H23N5/c1-8(2)6-17(7-9(3)4)11-5-10(13)15-12(14)16-11/h5,8-9H,6-7H2,1-4H3,(H4,13,14,15,16). The number of aromatic nitrogens is 2. The first-order valence-corrected chi connectivity index (χ1v) is 6.03. The van der Waals surface area contributed by atoms with E-state index in [-0.39, 0.29) is 5.95 Å². The second-order valence-corrected chi connectivity index (χ2v) is 5.20. The first kappa shape index (κ1) is 13.5. The maximum Gasteiger partial charge on any atom is 0.223 e. The minimum atomic E-state index is 0.234. The van der Waals surface area contributed by atoms with E-state index in [1.807, 2.05) is 0 Å². The van der Waals surface area contributed by atoms with Crippen LogP contribution in [-0.2, 0) is 0 Å². The zero-order chi connectivity index (χ0) is 13.0. The van der Waals surface area contributed by atoms with Crippen molar-refractivity contribution in [2.45, 2.75) is 27.7 Å². The number of nitrogens with zero attached hydrogens (tertiary/aromatic N) is 3. The molecule has 4 N–H and O–H groups in total. The van der Waals surface area contributed by atoms with Crippen LogP contribution in [0.15, 0.2) is 6.07 Å². The van der Waals surface area contributed by atoms with Crippen LogP contribution in [0.4, 0.5) is 17.6 Å². The topological polar surface area (TPSA) is 81.1 Å². The van der Waals surface area contributed by atoms with E-state index in [1.165, 1.54) is 0 Å². The lowest BCUT2D eigenvalue weighted by Gasteiger charge is -2.27. The SMILES string of the molecule is CC(C)CN(CC(C)C)c1cc(N)nc(N)n1. The van der Waals surface area contributed by atoms with Gasteiger partial charge in [0.2, 0.25) is 5.95 Å². The fourth-order valence-corrected chi connectivity index (χ4v) is 1.78. The highest BCUT2D eigenvalue weighted by Crippen LogP contribution is 2.18. The van der Waals surface area contributed by atoms with Gasteiger partial charge in [-0.1, -0.05) is 27.7 Å². The van der Waals surface area contributed by atoms with Gasteiger partial charge in [0.15, 0.2) is 0 Å². The minimum Gasteiger partial charge on any atom is -0.383 e. The Morgan fingerprint density at radius 2 is 1.59 bits per heavy atom. The third-order valence-electron chi connectivity index (χ3n) is 2.24. The molecule has 0 aromatic carbocycles. The molecule has 96 valence electrons. The Hall–Kier alpha value is -1.52. The van der Waals surface area contributed by atoms with Gasteiger partial charge in [-0.15, -0.1) is 0 Å². The van der Waals surface area contributed by atoms with E-state index in [0.29, 0.717) is 17.7 Å². The molecule has 0 fully saturated rings. The second kappa shape index (κ2) is 5.70. The molecule has 0 aliphatic heterocycles. The van der Waals surface area contributed by atoms with Gasteiger partial charge in [0.05, 0.1) is 0 Å². The summed E-state index contributed by atoms with van der Waals surface area (Å²) in [6, 6.07) is 1.78. The van der Waals surface area contributed by atoms with Crippen LogP contribution < -0.4 is 16.4 Å². The number of nitrogen functional groups attached to an aromatic ring is 2. The molecule has 1 heterocycles. The van der Waals surface area contributed by atoms with Crippen molar-refractivity contribution in [3.8, 4) is 0 Å². The summed E-state index contributed by atoms with van der Waals surface area (Å²) < 4.78 is 0. The van der Waals surface area contributed by atoms with Crippen LogP contribution in [0.2, 0.25) is 0 Å². The molecule has 5 heteroatoms. The monoisotopic (exact) mass is 237 g/mol. The van der Waals surface area contributed by atoms with E-state index in [9.17, 15) is 0 Å². The van der Waals surface area contributed by atoms with Gasteiger partial charge in [0.1, 0.15) is 11.6 Å². The third-order valence-corrected chi connectivity index (χ3v) is 2.24. The van der Waals surface area contributed by atoms with Gasteiger partial charge < -0.3 is 16.4 Å². The highest BCUT2D eigenvalue weighted by atomic mass is 15.2. The van der Waals surface area contributed by atoms with Crippen LogP contribution in [0.3, 0.4) is 0 Å². The molecule has 1 aromatic heterocycles. The number of rotatable bonds is 5. The fraction of sp³-hybridized carbons (Fsp3) is 0.667. The molecule has 0 spiro atoms. The quantitative estimate of drug-likeness (QED) is 0.815. The number of nitrogens with two attached hydrogens (primary N) is 2. The Labute approximate surface area is 103 Å². The van der Waals surface area contributed by atoms with E-state index in [1.54, 1.807) is 6.07 Å². The molecule has 0 saturated heterocycles. The van der Waals surface area contributed by atoms with Crippen LogP contribution in [0.5, 0.6) is 0 Å². The van der Waals surface area contributed by atoms with Crippen molar-refractivity contribution in [3.63, 3.8) is 0 Å². The summed E-state index contributed by atoms with van der Waals surface area (Å²) >= 11 is 0. The fourth-order valence-electron chi connectivity index (χ4n) is 1.78. The number of hydrogen-bond acceptors (Lipinski definition) is 5. The molecule has 1 rings (SSSR count). The molecule has 0 bridgehead atoms. The lowest BCUT2D eigenvalue weighted by Crippen LogP contribution is -2.32. The van der Waals surface area contributed by atoms with Gasteiger partial charge >= 0.3 is 0 Å². The first-order chi connectivity index (χ1) is 7.88. The molecule has 0 atom stereocenters. The van der Waals surface area contributed by atoms with Gasteiger partial charge in [0.25, 0.3) is 0 Å². The lowest BCUT2D eigenvalue weighted by atomic mass is 10.1. The van der Waals surface area contributed by atoms with Gasteiger partial charge in [-0.2, -0.15) is 9.97 Å². The number of hydrogen-bond donors (Lipinski definition) is 2. The Morgan fingerprint density at radius 3 is 2.00 bits per heavy atom. The molecule has 0 radical (unpaired) electrons. The highest BCUT2D eigenvalue weighted by Gasteiger charge is 2.13. The van der Waals surface area contributed by atoms with Crippen molar-refractivity contribution in [1.82, 2.24) is 9.97 Å². The Bertz CT molecular complexity index is 332. The summed E-state index contributed by atoms with van der Waals surface area (Å²) in [5, 5.41) is 0. The van der Waals surface area contributed by atoms with Crippen molar-refractivity contribution in [2.75, 3.05) is 29.5 Å². The Morgan fingerprint density at radius 1 is 1.06 bits per heavy atom. The average molecular weight is 237 g/mol. The minimum absolute atomic E-state index is 0.234. The average Bonchev–Trinajstić information content (AvgIpc) is 2.13. The summed E-state index contributed by atoms with van der Waals surface area (Å²) in [5.41, 5.74) is 11.3. The van der Waals surface area contributed by atoms with Crippen molar-refractivity contribution < 1.29 is 0 Å². The molecule has 5 nitrogen and oxygen atoms in total. The molecule has 0 amide bonds. The maximum atomic E-state index is 5.70. The van der Waals surface area contributed by atoms with E-state index in [0.717, 1.165) is 18.9 Å². The molecule has 1 aromatic rings. The van der Waals surface area contributed by atoms with Crippen molar-refractivity contribution in [3.05, 3.63) is 6.07 Å². The molecule has 0 aliphatic rings. The third kappa shape index (κ3) is 4.46. The smallest absolute Gasteiger partial charge is 0.223 e. The molecule has 17 heavy (non-hydrogen) atoms. The van der Waals surface area contributed by atoms with Crippen LogP contribution >= 0.6 is 0 Å². The second-order valence-electron chi connectivity index (χ2n) is 5.20. The summed E-state index contributed by atoms with van der Waals surface area (Å²) in [6.45, 7) is 10.6. The first-order valence-electron chi connectivity index (χ1n) is 6.03. The molecular formula is C12H23N5. The summed E-state index contributed by atoms with van der Waals surface area (Å²) in [5.74, 6) is 2.59. The largest absolute Gasteiger partial charge is 0.383 e. The predicted molar refractivity (Wildman–Crippen MR) is 72.7 cm³/mol. The molecule has 0 aliphatic carbocycles. The van der Waals surface area contributed by atoms with Gasteiger partial charge in [-0.3, -0.25) is 0 Å². The van der Waals surface area contributed by atoms with Crippen LogP contribution in [-0.4, -0.2) is 23.1 Å². The van der Waals surface area contributed by atoms with E-state index in [4.69, 9.17) is 11.5 Å². The van der Waals surface area contributed by atoms with Crippen molar-refractivity contribution in [2.24, 2.45) is 11.8 Å². The lowest BCUT2D eigenvalue weighted by molar-refractivity contribution is 0.549. The summed E-state index contributed by atoms with van der Waals surface area (Å²) in [6.07, 6.45) is 0. The van der Waals surface area contributed by atoms with Crippen molar-refractivity contribution >= 4 is 17.6 Å². The molecule has 0 saturated carbocycles. The predicted octanol–water partition coefficient (Wildman–Crippen LogP) is 1.76. The number of anilines is 3. The zero-order valence-corrected chi connectivity index (χ0v) is 11.1. The summed E-state index contributed by atoms with van der Waals surface area (Å²) in [4.78, 5) is 10.4. The Balaban J connectivity index is 2.94. The van der Waals surface area contributed by atoms with Crippen molar-refractivity contribution in [1.29, 1.82) is 0 Å². The van der Waals surface area contributed by atoms with Gasteiger partial charge in [0, 0.05) is 19.2 Å². The highest BCUT2D eigenvalue weighted by molar-refractivity contribution is 5.50. The maximum absolute atomic E-state index is 5.70. The van der Waals surface area contributed by atoms with Crippen LogP contribution in [0.1, 0.15) is 27.7 Å².